The topological polar surface area (TPSA) is 49.4 Å². The molecule has 0 saturated carbocycles. The summed E-state index contributed by atoms with van der Waals surface area (Å²) in [7, 11) is 0. The average Bonchev–Trinajstić information content (AvgIpc) is 2.75. The normalized spacial score (nSPS) is 12.0. The van der Waals surface area contributed by atoms with Crippen LogP contribution in [-0.2, 0) is 21.9 Å². The molecule has 4 nitrogen and oxygen atoms in total. The molecule has 32 heavy (non-hydrogen) atoms. The van der Waals surface area contributed by atoms with Crippen LogP contribution < -0.4 is 5.32 Å². The molecule has 0 heterocycles. The third-order valence-corrected chi connectivity index (χ3v) is 6.82. The van der Waals surface area contributed by atoms with E-state index in [1.807, 2.05) is 45.0 Å². The minimum atomic E-state index is -0.607. The van der Waals surface area contributed by atoms with Crippen molar-refractivity contribution in [1.82, 2.24) is 10.2 Å². The lowest BCUT2D eigenvalue weighted by Crippen LogP contribution is -2.50. The number of benzene rings is 2. The SMILES string of the molecule is CC[C@H](C(=O)NCC(C)C)N(Cc1c(Cl)cccc1Cl)C(=O)CSCc1ccc(Cl)cc1. The van der Waals surface area contributed by atoms with Gasteiger partial charge in [0.15, 0.2) is 0 Å². The molecule has 0 aliphatic rings. The zero-order valence-corrected chi connectivity index (χ0v) is 21.6. The second kappa shape index (κ2) is 13.3. The summed E-state index contributed by atoms with van der Waals surface area (Å²) in [5.41, 5.74) is 1.72. The molecule has 2 rings (SSSR count). The van der Waals surface area contributed by atoms with E-state index >= 15 is 0 Å². The van der Waals surface area contributed by atoms with Crippen molar-refractivity contribution in [2.75, 3.05) is 12.3 Å². The van der Waals surface area contributed by atoms with Gasteiger partial charge in [0.2, 0.25) is 11.8 Å². The Balaban J connectivity index is 2.18. The summed E-state index contributed by atoms with van der Waals surface area (Å²) in [6.45, 7) is 6.68. The summed E-state index contributed by atoms with van der Waals surface area (Å²) in [5.74, 6) is 0.916. The molecular formula is C24H29Cl3N2O2S. The number of thioether (sulfide) groups is 1. The Morgan fingerprint density at radius 3 is 2.22 bits per heavy atom. The highest BCUT2D eigenvalue weighted by atomic mass is 35.5. The van der Waals surface area contributed by atoms with Crippen LogP contribution in [0.1, 0.15) is 38.3 Å². The fraction of sp³-hybridized carbons (Fsp3) is 0.417. The molecule has 0 unspecified atom stereocenters. The molecule has 0 saturated heterocycles. The van der Waals surface area contributed by atoms with Crippen LogP contribution in [0.3, 0.4) is 0 Å². The maximum absolute atomic E-state index is 13.3. The molecule has 0 aromatic heterocycles. The Bertz CT molecular complexity index is 886. The number of hydrogen-bond donors (Lipinski definition) is 1. The molecule has 0 fully saturated rings. The summed E-state index contributed by atoms with van der Waals surface area (Å²) in [6.07, 6.45) is 0.486. The van der Waals surface area contributed by atoms with Crippen molar-refractivity contribution in [2.45, 2.75) is 45.5 Å². The van der Waals surface area contributed by atoms with Crippen molar-refractivity contribution in [1.29, 1.82) is 0 Å². The van der Waals surface area contributed by atoms with Gasteiger partial charge in [-0.15, -0.1) is 11.8 Å². The maximum Gasteiger partial charge on any atom is 0.242 e. The first-order valence-corrected chi connectivity index (χ1v) is 12.8. The van der Waals surface area contributed by atoms with E-state index in [1.165, 1.54) is 11.8 Å². The van der Waals surface area contributed by atoms with Crippen LogP contribution in [0.15, 0.2) is 42.5 Å². The van der Waals surface area contributed by atoms with E-state index in [2.05, 4.69) is 5.32 Å². The van der Waals surface area contributed by atoms with Gasteiger partial charge in [-0.05, 0) is 42.2 Å². The van der Waals surface area contributed by atoms with E-state index in [9.17, 15) is 9.59 Å². The molecule has 174 valence electrons. The van der Waals surface area contributed by atoms with Crippen LogP contribution in [0.5, 0.6) is 0 Å². The van der Waals surface area contributed by atoms with Gasteiger partial charge in [0.25, 0.3) is 0 Å². The molecule has 2 amide bonds. The van der Waals surface area contributed by atoms with E-state index < -0.39 is 6.04 Å². The van der Waals surface area contributed by atoms with Gasteiger partial charge in [0, 0.05) is 39.5 Å². The molecule has 0 aliphatic heterocycles. The predicted octanol–water partition coefficient (Wildman–Crippen LogP) is 6.46. The Morgan fingerprint density at radius 1 is 1.03 bits per heavy atom. The number of amides is 2. The molecule has 2 aromatic rings. The smallest absolute Gasteiger partial charge is 0.242 e. The van der Waals surface area contributed by atoms with Gasteiger partial charge < -0.3 is 10.2 Å². The molecule has 1 atom stereocenters. The molecule has 0 bridgehead atoms. The van der Waals surface area contributed by atoms with Crippen LogP contribution in [0, 0.1) is 5.92 Å². The lowest BCUT2D eigenvalue weighted by molar-refractivity contribution is -0.139. The molecule has 1 N–H and O–H groups in total. The van der Waals surface area contributed by atoms with Gasteiger partial charge in [-0.3, -0.25) is 9.59 Å². The fourth-order valence-electron chi connectivity index (χ4n) is 3.12. The zero-order chi connectivity index (χ0) is 23.7. The third kappa shape index (κ3) is 8.18. The van der Waals surface area contributed by atoms with E-state index in [-0.39, 0.29) is 24.1 Å². The lowest BCUT2D eigenvalue weighted by atomic mass is 10.1. The summed E-state index contributed by atoms with van der Waals surface area (Å²) >= 11 is 20.2. The minimum Gasteiger partial charge on any atom is -0.354 e. The molecule has 0 spiro atoms. The van der Waals surface area contributed by atoms with Gasteiger partial charge in [-0.25, -0.2) is 0 Å². The summed E-state index contributed by atoms with van der Waals surface area (Å²) < 4.78 is 0. The van der Waals surface area contributed by atoms with Gasteiger partial charge in [0.1, 0.15) is 6.04 Å². The first kappa shape index (κ1) is 26.8. The standard InChI is InChI=1S/C24H29Cl3N2O2S/c1-4-22(24(31)28-12-16(2)3)29(13-19-20(26)6-5-7-21(19)27)23(30)15-32-14-17-8-10-18(25)11-9-17/h5-11,16,22H,4,12-15H2,1-3H3,(H,28,31)/t22-/m1/s1. The largest absolute Gasteiger partial charge is 0.354 e. The van der Waals surface area contributed by atoms with Crippen molar-refractivity contribution in [3.05, 3.63) is 68.7 Å². The van der Waals surface area contributed by atoms with Gasteiger partial charge in [-0.1, -0.05) is 73.8 Å². The quantitative estimate of drug-likeness (QED) is 0.373. The molecule has 0 aliphatic carbocycles. The number of halogens is 3. The molecule has 2 aromatic carbocycles. The fourth-order valence-corrected chi connectivity index (χ4v) is 4.63. The van der Waals surface area contributed by atoms with Crippen molar-refractivity contribution in [3.63, 3.8) is 0 Å². The van der Waals surface area contributed by atoms with Crippen LogP contribution in [-0.4, -0.2) is 35.1 Å². The van der Waals surface area contributed by atoms with Crippen LogP contribution in [0.4, 0.5) is 0 Å². The first-order valence-electron chi connectivity index (χ1n) is 10.5. The molecule has 8 heteroatoms. The minimum absolute atomic E-state index is 0.133. The van der Waals surface area contributed by atoms with Crippen molar-refractivity contribution in [2.24, 2.45) is 5.92 Å². The number of nitrogens with one attached hydrogen (secondary N) is 1. The highest BCUT2D eigenvalue weighted by Crippen LogP contribution is 2.27. The van der Waals surface area contributed by atoms with E-state index in [0.29, 0.717) is 45.3 Å². The Hall–Kier alpha value is -1.40. The van der Waals surface area contributed by atoms with E-state index in [4.69, 9.17) is 34.8 Å². The Labute approximate surface area is 210 Å². The Kier molecular flexibility index (Phi) is 11.2. The second-order valence-electron chi connectivity index (χ2n) is 7.90. The number of carbonyl (C=O) groups excluding carboxylic acids is 2. The van der Waals surface area contributed by atoms with Crippen LogP contribution >= 0.6 is 46.6 Å². The molecular weight excluding hydrogens is 487 g/mol. The van der Waals surface area contributed by atoms with E-state index in [1.54, 1.807) is 23.1 Å². The number of rotatable bonds is 11. The third-order valence-electron chi connectivity index (χ3n) is 4.87. The maximum atomic E-state index is 13.3. The highest BCUT2D eigenvalue weighted by Gasteiger charge is 2.29. The number of carbonyl (C=O) groups is 2. The summed E-state index contributed by atoms with van der Waals surface area (Å²) in [6, 6.07) is 12.2. The summed E-state index contributed by atoms with van der Waals surface area (Å²) in [5, 5.41) is 4.58. The van der Waals surface area contributed by atoms with Gasteiger partial charge in [-0.2, -0.15) is 0 Å². The van der Waals surface area contributed by atoms with E-state index in [0.717, 1.165) is 5.56 Å². The zero-order valence-electron chi connectivity index (χ0n) is 18.5. The van der Waals surface area contributed by atoms with Crippen LogP contribution in [0.25, 0.3) is 0 Å². The summed E-state index contributed by atoms with van der Waals surface area (Å²) in [4.78, 5) is 27.8. The average molecular weight is 516 g/mol. The monoisotopic (exact) mass is 514 g/mol. The molecule has 0 radical (unpaired) electrons. The highest BCUT2D eigenvalue weighted by molar-refractivity contribution is 7.99. The van der Waals surface area contributed by atoms with Crippen molar-refractivity contribution in [3.8, 4) is 0 Å². The second-order valence-corrected chi connectivity index (χ2v) is 10.1. The van der Waals surface area contributed by atoms with Gasteiger partial charge >= 0.3 is 0 Å². The van der Waals surface area contributed by atoms with Crippen molar-refractivity contribution < 1.29 is 9.59 Å². The Morgan fingerprint density at radius 2 is 1.66 bits per heavy atom. The van der Waals surface area contributed by atoms with Gasteiger partial charge in [0.05, 0.1) is 5.75 Å². The van der Waals surface area contributed by atoms with Crippen molar-refractivity contribution >= 4 is 58.4 Å². The number of nitrogens with zero attached hydrogens (tertiary/aromatic N) is 1. The lowest BCUT2D eigenvalue weighted by Gasteiger charge is -2.31. The first-order chi connectivity index (χ1) is 15.2. The predicted molar refractivity (Wildman–Crippen MR) is 137 cm³/mol. The number of hydrogen-bond acceptors (Lipinski definition) is 3. The van der Waals surface area contributed by atoms with Crippen LogP contribution in [0.2, 0.25) is 15.1 Å².